The maximum atomic E-state index is 13.1. The van der Waals surface area contributed by atoms with Crippen LogP contribution in [-0.4, -0.2) is 61.0 Å². The second-order valence-electron chi connectivity index (χ2n) is 9.85. The number of anilines is 1. The van der Waals surface area contributed by atoms with Crippen molar-refractivity contribution in [1.29, 1.82) is 0 Å². The Morgan fingerprint density at radius 2 is 1.54 bits per heavy atom. The van der Waals surface area contributed by atoms with Crippen molar-refractivity contribution < 1.29 is 33.3 Å². The third-order valence-corrected chi connectivity index (χ3v) is 6.42. The molecule has 0 fully saturated rings. The summed E-state index contributed by atoms with van der Waals surface area (Å²) in [6, 6.07) is 20.7. The molecule has 8 nitrogen and oxygen atoms in total. The number of carboxylic acid groups (broad SMARTS) is 1. The number of aliphatic carboxylic acids is 1. The second kappa shape index (κ2) is 16.3. The summed E-state index contributed by atoms with van der Waals surface area (Å²) >= 11 is 0. The molecule has 0 heterocycles. The molecule has 0 aliphatic rings. The predicted molar refractivity (Wildman–Crippen MR) is 156 cm³/mol. The minimum absolute atomic E-state index is 0.244. The van der Waals surface area contributed by atoms with Crippen LogP contribution in [0.1, 0.15) is 43.4 Å². The zero-order valence-corrected chi connectivity index (χ0v) is 23.8. The van der Waals surface area contributed by atoms with Gasteiger partial charge in [0.05, 0.1) is 19.8 Å². The van der Waals surface area contributed by atoms with Crippen molar-refractivity contribution in [2.75, 3.05) is 38.2 Å². The minimum Gasteiger partial charge on any atom is -0.492 e. The van der Waals surface area contributed by atoms with E-state index in [4.69, 9.17) is 14.2 Å². The summed E-state index contributed by atoms with van der Waals surface area (Å²) in [4.78, 5) is 26.1. The molecule has 9 heteroatoms. The van der Waals surface area contributed by atoms with Gasteiger partial charge in [-0.25, -0.2) is 14.0 Å². The number of carbonyl (C=O) groups excluding carboxylic acids is 1. The zero-order valence-electron chi connectivity index (χ0n) is 23.8. The molecular weight excluding hydrogens is 527 g/mol. The van der Waals surface area contributed by atoms with Gasteiger partial charge in [0, 0.05) is 25.3 Å². The topological polar surface area (TPSA) is 97.3 Å². The molecule has 220 valence electrons. The molecule has 2 amide bonds. The maximum Gasteiger partial charge on any atom is 0.333 e. The summed E-state index contributed by atoms with van der Waals surface area (Å²) in [5, 5.41) is 12.2. The highest BCUT2D eigenvalue weighted by atomic mass is 19.1. The quantitative estimate of drug-likeness (QED) is 0.203. The number of nitrogens with zero attached hydrogens (tertiary/aromatic N) is 1. The van der Waals surface area contributed by atoms with Crippen LogP contribution in [0.4, 0.5) is 14.9 Å². The highest BCUT2D eigenvalue weighted by Gasteiger charge is 2.18. The molecule has 3 rings (SSSR count). The van der Waals surface area contributed by atoms with Crippen molar-refractivity contribution in [3.63, 3.8) is 0 Å². The van der Waals surface area contributed by atoms with E-state index in [2.05, 4.69) is 19.2 Å². The van der Waals surface area contributed by atoms with Gasteiger partial charge in [0.2, 0.25) is 0 Å². The Labute approximate surface area is 241 Å². The van der Waals surface area contributed by atoms with Crippen LogP contribution in [0.25, 0.3) is 0 Å². The van der Waals surface area contributed by atoms with Gasteiger partial charge in [0.1, 0.15) is 18.2 Å². The largest absolute Gasteiger partial charge is 0.492 e. The van der Waals surface area contributed by atoms with E-state index in [1.165, 1.54) is 17.7 Å². The lowest BCUT2D eigenvalue weighted by Gasteiger charge is -2.23. The van der Waals surface area contributed by atoms with Gasteiger partial charge in [-0.1, -0.05) is 50.2 Å². The van der Waals surface area contributed by atoms with Crippen LogP contribution in [0.2, 0.25) is 0 Å². The number of rotatable bonds is 16. The summed E-state index contributed by atoms with van der Waals surface area (Å²) < 4.78 is 30.0. The Bertz CT molecular complexity index is 1220. The van der Waals surface area contributed by atoms with Gasteiger partial charge in [-0.2, -0.15) is 0 Å². The van der Waals surface area contributed by atoms with Crippen LogP contribution in [0.3, 0.4) is 0 Å². The summed E-state index contributed by atoms with van der Waals surface area (Å²) in [5.41, 5.74) is 3.54. The number of hydrogen-bond acceptors (Lipinski definition) is 5. The predicted octanol–water partition coefficient (Wildman–Crippen LogP) is 6.11. The first-order valence-corrected chi connectivity index (χ1v) is 13.8. The number of carbonyl (C=O) groups is 2. The summed E-state index contributed by atoms with van der Waals surface area (Å²) in [5.74, 6) is -0.302. The number of urea groups is 1. The molecule has 0 aliphatic heterocycles. The Morgan fingerprint density at radius 3 is 2.15 bits per heavy atom. The van der Waals surface area contributed by atoms with E-state index in [1.54, 1.807) is 48.2 Å². The van der Waals surface area contributed by atoms with E-state index in [-0.39, 0.29) is 31.5 Å². The third kappa shape index (κ3) is 10.9. The zero-order chi connectivity index (χ0) is 29.6. The number of hydrogen-bond donors (Lipinski definition) is 2. The standard InChI is InChI=1S/C32H39FN2O6/c1-4-40-30(31(36)37)21-24-7-15-29(16-8-24)41-20-18-35(17-19-39-22-25-5-11-27(33)12-6-25)32(38)34-28-13-9-26(10-14-28)23(2)3/h5-16,23,30H,4,17-22H2,1-3H3,(H,34,38)(H,36,37). The van der Waals surface area contributed by atoms with Gasteiger partial charge < -0.3 is 29.5 Å². The summed E-state index contributed by atoms with van der Waals surface area (Å²) in [7, 11) is 0. The first kappa shape index (κ1) is 31.6. The van der Waals surface area contributed by atoms with Crippen molar-refractivity contribution in [2.45, 2.75) is 45.8 Å². The van der Waals surface area contributed by atoms with Crippen molar-refractivity contribution >= 4 is 17.7 Å². The lowest BCUT2D eigenvalue weighted by atomic mass is 10.0. The fraction of sp³-hybridized carbons (Fsp3) is 0.375. The Balaban J connectivity index is 1.55. The number of carboxylic acids is 1. The summed E-state index contributed by atoms with van der Waals surface area (Å²) in [6.07, 6.45) is -0.640. The first-order valence-electron chi connectivity index (χ1n) is 13.8. The monoisotopic (exact) mass is 566 g/mol. The second-order valence-corrected chi connectivity index (χ2v) is 9.85. The van der Waals surface area contributed by atoms with Gasteiger partial charge in [-0.05, 0) is 65.9 Å². The molecule has 3 aromatic carbocycles. The summed E-state index contributed by atoms with van der Waals surface area (Å²) in [6.45, 7) is 7.78. The van der Waals surface area contributed by atoms with Crippen LogP contribution >= 0.6 is 0 Å². The molecule has 0 aliphatic carbocycles. The molecule has 1 atom stereocenters. The van der Waals surface area contributed by atoms with E-state index in [0.29, 0.717) is 43.7 Å². The molecule has 0 saturated carbocycles. The minimum atomic E-state index is -0.997. The first-order chi connectivity index (χ1) is 19.7. The van der Waals surface area contributed by atoms with Gasteiger partial charge >= 0.3 is 12.0 Å². The van der Waals surface area contributed by atoms with Crippen LogP contribution < -0.4 is 10.1 Å². The molecule has 0 spiro atoms. The highest BCUT2D eigenvalue weighted by Crippen LogP contribution is 2.18. The Kier molecular flexibility index (Phi) is 12.6. The van der Waals surface area contributed by atoms with E-state index in [0.717, 1.165) is 11.1 Å². The highest BCUT2D eigenvalue weighted by molar-refractivity contribution is 5.89. The van der Waals surface area contributed by atoms with Crippen molar-refractivity contribution in [3.05, 3.63) is 95.3 Å². The molecule has 41 heavy (non-hydrogen) atoms. The SMILES string of the molecule is CCOC(Cc1ccc(OCCN(CCOCc2ccc(F)cc2)C(=O)Nc2ccc(C(C)C)cc2)cc1)C(=O)O. The van der Waals surface area contributed by atoms with E-state index >= 15 is 0 Å². The van der Waals surface area contributed by atoms with Crippen LogP contribution in [0.15, 0.2) is 72.8 Å². The number of nitrogens with one attached hydrogen (secondary N) is 1. The van der Waals surface area contributed by atoms with Crippen molar-refractivity contribution in [1.82, 2.24) is 4.90 Å². The smallest absolute Gasteiger partial charge is 0.333 e. The lowest BCUT2D eigenvalue weighted by molar-refractivity contribution is -0.149. The van der Waals surface area contributed by atoms with E-state index in [1.807, 2.05) is 24.3 Å². The molecular formula is C32H39FN2O6. The number of halogens is 1. The fourth-order valence-corrected chi connectivity index (χ4v) is 4.04. The van der Waals surface area contributed by atoms with Crippen LogP contribution in [0.5, 0.6) is 5.75 Å². The van der Waals surface area contributed by atoms with E-state index < -0.39 is 12.1 Å². The molecule has 0 aromatic heterocycles. The van der Waals surface area contributed by atoms with Gasteiger partial charge in [0.15, 0.2) is 6.10 Å². The van der Waals surface area contributed by atoms with Gasteiger partial charge in [-0.3, -0.25) is 0 Å². The average Bonchev–Trinajstić information content (AvgIpc) is 2.96. The van der Waals surface area contributed by atoms with Gasteiger partial charge in [0.25, 0.3) is 0 Å². The van der Waals surface area contributed by atoms with Crippen molar-refractivity contribution in [3.8, 4) is 5.75 Å². The molecule has 1 unspecified atom stereocenters. The van der Waals surface area contributed by atoms with Crippen LogP contribution in [0, 0.1) is 5.82 Å². The normalized spacial score (nSPS) is 11.7. The molecule has 0 bridgehead atoms. The number of benzene rings is 3. The molecule has 0 saturated heterocycles. The van der Waals surface area contributed by atoms with E-state index in [9.17, 15) is 19.1 Å². The maximum absolute atomic E-state index is 13.1. The average molecular weight is 567 g/mol. The number of amides is 2. The molecule has 2 N–H and O–H groups in total. The van der Waals surface area contributed by atoms with Crippen LogP contribution in [-0.2, 0) is 27.3 Å². The fourth-order valence-electron chi connectivity index (χ4n) is 4.04. The Hall–Kier alpha value is -3.95. The number of ether oxygens (including phenoxy) is 3. The molecule has 3 aromatic rings. The van der Waals surface area contributed by atoms with Crippen molar-refractivity contribution in [2.24, 2.45) is 0 Å². The third-order valence-electron chi connectivity index (χ3n) is 6.42. The molecule has 0 radical (unpaired) electrons. The Morgan fingerprint density at radius 1 is 0.902 bits per heavy atom. The van der Waals surface area contributed by atoms with Gasteiger partial charge in [-0.15, -0.1) is 0 Å². The lowest BCUT2D eigenvalue weighted by Crippen LogP contribution is -2.40.